The average molecular weight is 415 g/mol. The predicted octanol–water partition coefficient (Wildman–Crippen LogP) is 4.45. The van der Waals surface area contributed by atoms with Gasteiger partial charge < -0.3 is 15.0 Å². The highest BCUT2D eigenvalue weighted by Crippen LogP contribution is 2.38. The number of hydrogen-bond donors (Lipinski definition) is 1. The van der Waals surface area contributed by atoms with Crippen molar-refractivity contribution in [2.45, 2.75) is 18.9 Å². The molecule has 31 heavy (non-hydrogen) atoms. The van der Waals surface area contributed by atoms with E-state index in [-0.39, 0.29) is 17.9 Å². The Bertz CT molecular complexity index is 1050. The second kappa shape index (κ2) is 9.47. The van der Waals surface area contributed by atoms with E-state index in [2.05, 4.69) is 5.32 Å². The van der Waals surface area contributed by atoms with E-state index < -0.39 is 0 Å². The zero-order valence-electron chi connectivity index (χ0n) is 17.6. The SMILES string of the molecule is COc1ccc(C2c3ccccc3C(=O)N2CCCCNC(=O)c2ccccc2)cc1. The zero-order valence-corrected chi connectivity index (χ0v) is 17.6. The molecule has 1 aliphatic rings. The summed E-state index contributed by atoms with van der Waals surface area (Å²) in [5, 5.41) is 2.95. The van der Waals surface area contributed by atoms with Crippen molar-refractivity contribution in [3.63, 3.8) is 0 Å². The van der Waals surface area contributed by atoms with Crippen molar-refractivity contribution in [2.75, 3.05) is 20.2 Å². The van der Waals surface area contributed by atoms with Crippen LogP contribution in [0.4, 0.5) is 0 Å². The first-order valence-corrected chi connectivity index (χ1v) is 10.6. The maximum atomic E-state index is 13.1. The molecule has 3 aromatic carbocycles. The number of carbonyl (C=O) groups excluding carboxylic acids is 2. The topological polar surface area (TPSA) is 58.6 Å². The number of unbranched alkanes of at least 4 members (excludes halogenated alkanes) is 1. The second-order valence-corrected chi connectivity index (χ2v) is 7.59. The number of benzene rings is 3. The molecule has 5 nitrogen and oxygen atoms in total. The van der Waals surface area contributed by atoms with Gasteiger partial charge in [-0.05, 0) is 54.3 Å². The van der Waals surface area contributed by atoms with Gasteiger partial charge in [-0.1, -0.05) is 48.5 Å². The van der Waals surface area contributed by atoms with Crippen LogP contribution in [0, 0.1) is 0 Å². The molecule has 0 spiro atoms. The molecule has 0 aliphatic carbocycles. The molecule has 1 aliphatic heterocycles. The van der Waals surface area contributed by atoms with Crippen LogP contribution in [-0.2, 0) is 0 Å². The fraction of sp³-hybridized carbons (Fsp3) is 0.231. The first-order chi connectivity index (χ1) is 15.2. The van der Waals surface area contributed by atoms with Crippen molar-refractivity contribution in [2.24, 2.45) is 0 Å². The molecule has 0 radical (unpaired) electrons. The molecule has 158 valence electrons. The maximum Gasteiger partial charge on any atom is 0.255 e. The monoisotopic (exact) mass is 414 g/mol. The number of rotatable bonds is 8. The lowest BCUT2D eigenvalue weighted by molar-refractivity contribution is 0.0745. The molecule has 0 saturated carbocycles. The Balaban J connectivity index is 1.40. The third kappa shape index (κ3) is 4.45. The minimum atomic E-state index is -0.103. The molecule has 5 heteroatoms. The van der Waals surface area contributed by atoms with Gasteiger partial charge in [0.05, 0.1) is 13.2 Å². The largest absolute Gasteiger partial charge is 0.497 e. The van der Waals surface area contributed by atoms with E-state index in [4.69, 9.17) is 4.74 Å². The molecular weight excluding hydrogens is 388 g/mol. The summed E-state index contributed by atoms with van der Waals surface area (Å²) in [5.41, 5.74) is 3.53. The van der Waals surface area contributed by atoms with Crippen LogP contribution >= 0.6 is 0 Å². The molecule has 0 fully saturated rings. The molecule has 0 bridgehead atoms. The third-order valence-electron chi connectivity index (χ3n) is 5.64. The molecule has 0 aromatic heterocycles. The van der Waals surface area contributed by atoms with E-state index in [0.717, 1.165) is 35.3 Å². The van der Waals surface area contributed by atoms with E-state index in [1.807, 2.05) is 71.6 Å². The summed E-state index contributed by atoms with van der Waals surface area (Å²) in [6, 6.07) is 24.8. The predicted molar refractivity (Wildman–Crippen MR) is 120 cm³/mol. The molecular formula is C26H26N2O3. The van der Waals surface area contributed by atoms with Crippen LogP contribution in [0.2, 0.25) is 0 Å². The van der Waals surface area contributed by atoms with Gasteiger partial charge >= 0.3 is 0 Å². The number of ether oxygens (including phenoxy) is 1. The van der Waals surface area contributed by atoms with Crippen molar-refractivity contribution in [1.29, 1.82) is 0 Å². The first-order valence-electron chi connectivity index (χ1n) is 10.6. The smallest absolute Gasteiger partial charge is 0.255 e. The summed E-state index contributed by atoms with van der Waals surface area (Å²) in [6.07, 6.45) is 1.61. The van der Waals surface area contributed by atoms with Crippen molar-refractivity contribution >= 4 is 11.8 Å². The van der Waals surface area contributed by atoms with Crippen LogP contribution in [-0.4, -0.2) is 36.9 Å². The van der Waals surface area contributed by atoms with E-state index in [0.29, 0.717) is 18.7 Å². The summed E-state index contributed by atoms with van der Waals surface area (Å²) in [6.45, 7) is 1.21. The van der Waals surface area contributed by atoms with Crippen LogP contribution in [0.5, 0.6) is 5.75 Å². The first kappa shape index (κ1) is 20.7. The third-order valence-corrected chi connectivity index (χ3v) is 5.64. The summed E-state index contributed by atoms with van der Waals surface area (Å²) in [5.74, 6) is 0.785. The molecule has 1 unspecified atom stereocenters. The van der Waals surface area contributed by atoms with E-state index in [9.17, 15) is 9.59 Å². The lowest BCUT2D eigenvalue weighted by Crippen LogP contribution is -2.31. The fourth-order valence-electron chi connectivity index (χ4n) is 4.05. The number of carbonyl (C=O) groups is 2. The Hall–Kier alpha value is -3.60. The lowest BCUT2D eigenvalue weighted by Gasteiger charge is -2.26. The van der Waals surface area contributed by atoms with E-state index >= 15 is 0 Å². The van der Waals surface area contributed by atoms with E-state index in [1.54, 1.807) is 19.2 Å². The van der Waals surface area contributed by atoms with Crippen LogP contribution in [0.25, 0.3) is 0 Å². The van der Waals surface area contributed by atoms with Crippen LogP contribution in [0.3, 0.4) is 0 Å². The highest BCUT2D eigenvalue weighted by Gasteiger charge is 2.36. The highest BCUT2D eigenvalue weighted by atomic mass is 16.5. The van der Waals surface area contributed by atoms with Crippen molar-refractivity contribution < 1.29 is 14.3 Å². The van der Waals surface area contributed by atoms with Crippen molar-refractivity contribution in [1.82, 2.24) is 10.2 Å². The second-order valence-electron chi connectivity index (χ2n) is 7.59. The number of nitrogens with one attached hydrogen (secondary N) is 1. The van der Waals surface area contributed by atoms with Gasteiger partial charge in [0.2, 0.25) is 0 Å². The Morgan fingerprint density at radius 2 is 1.65 bits per heavy atom. The minimum Gasteiger partial charge on any atom is -0.497 e. The van der Waals surface area contributed by atoms with E-state index in [1.165, 1.54) is 0 Å². The fourth-order valence-corrected chi connectivity index (χ4v) is 4.05. The maximum absolute atomic E-state index is 13.1. The zero-order chi connectivity index (χ0) is 21.6. The lowest BCUT2D eigenvalue weighted by atomic mass is 9.98. The molecule has 2 amide bonds. The van der Waals surface area contributed by atoms with Gasteiger partial charge in [0.1, 0.15) is 5.75 Å². The molecule has 1 heterocycles. The van der Waals surface area contributed by atoms with Crippen molar-refractivity contribution in [3.05, 3.63) is 101 Å². The number of hydrogen-bond acceptors (Lipinski definition) is 3. The summed E-state index contributed by atoms with van der Waals surface area (Å²) in [7, 11) is 1.65. The number of nitrogens with zero attached hydrogens (tertiary/aromatic N) is 1. The van der Waals surface area contributed by atoms with Gasteiger partial charge in [-0.2, -0.15) is 0 Å². The number of methoxy groups -OCH3 is 1. The number of amides is 2. The molecule has 1 N–H and O–H groups in total. The van der Waals surface area contributed by atoms with Gasteiger partial charge in [0.15, 0.2) is 0 Å². The Kier molecular flexibility index (Phi) is 6.32. The van der Waals surface area contributed by atoms with Crippen LogP contribution in [0.15, 0.2) is 78.9 Å². The normalized spacial score (nSPS) is 14.9. The van der Waals surface area contributed by atoms with Gasteiger partial charge in [0, 0.05) is 24.2 Å². The Labute approximate surface area is 182 Å². The summed E-state index contributed by atoms with van der Waals surface area (Å²) >= 11 is 0. The molecule has 4 rings (SSSR count). The molecule has 1 atom stereocenters. The van der Waals surface area contributed by atoms with Gasteiger partial charge in [-0.3, -0.25) is 9.59 Å². The van der Waals surface area contributed by atoms with Gasteiger partial charge in [-0.15, -0.1) is 0 Å². The Morgan fingerprint density at radius 3 is 2.39 bits per heavy atom. The van der Waals surface area contributed by atoms with Gasteiger partial charge in [0.25, 0.3) is 11.8 Å². The average Bonchev–Trinajstić information content (AvgIpc) is 3.11. The quantitative estimate of drug-likeness (QED) is 0.554. The standard InChI is InChI=1S/C26H26N2O3/c1-31-21-15-13-19(14-16-21)24-22-11-5-6-12-23(22)26(30)28(24)18-8-7-17-27-25(29)20-9-3-2-4-10-20/h2-6,9-16,24H,7-8,17-18H2,1H3,(H,27,29). The summed E-state index contributed by atoms with van der Waals surface area (Å²) < 4.78 is 5.28. The van der Waals surface area contributed by atoms with Gasteiger partial charge in [-0.25, -0.2) is 0 Å². The van der Waals surface area contributed by atoms with Crippen LogP contribution in [0.1, 0.15) is 50.7 Å². The van der Waals surface area contributed by atoms with Crippen molar-refractivity contribution in [3.8, 4) is 5.75 Å². The number of fused-ring (bicyclic) bond motifs is 1. The molecule has 0 saturated heterocycles. The Morgan fingerprint density at radius 1 is 0.935 bits per heavy atom. The molecule has 3 aromatic rings. The highest BCUT2D eigenvalue weighted by molar-refractivity contribution is 5.99. The summed E-state index contributed by atoms with van der Waals surface area (Å²) in [4.78, 5) is 27.2. The minimum absolute atomic E-state index is 0.0599. The van der Waals surface area contributed by atoms with Crippen LogP contribution < -0.4 is 10.1 Å².